The first-order valence-electron chi connectivity index (χ1n) is 12.3. The zero-order valence-electron chi connectivity index (χ0n) is 20.2. The SMILES string of the molecule is CN1CCOC(CC(=O)Nc2cc3cc(-c4cnn(C)c4CN4CCCCC4)ccc3cn2)C1. The van der Waals surface area contributed by atoms with E-state index in [1.54, 1.807) is 0 Å². The molecule has 3 aromatic rings. The van der Waals surface area contributed by atoms with Gasteiger partial charge in [-0.1, -0.05) is 18.6 Å². The standard InChI is InChI=1S/C26H34N6O2/c1-30-10-11-34-22(17-30)14-26(33)29-25-13-21-12-19(6-7-20(21)15-27-25)23-16-28-31(2)24(23)18-32-8-4-3-5-9-32/h6-7,12-13,15-16,22H,3-5,8-11,14,17-18H2,1-2H3,(H,27,29,33). The molecule has 2 saturated heterocycles. The predicted molar refractivity (Wildman–Crippen MR) is 134 cm³/mol. The van der Waals surface area contributed by atoms with Crippen LogP contribution in [0.5, 0.6) is 0 Å². The largest absolute Gasteiger partial charge is 0.375 e. The van der Waals surface area contributed by atoms with Crippen LogP contribution in [0.15, 0.2) is 36.7 Å². The number of aryl methyl sites for hydroxylation is 1. The minimum atomic E-state index is -0.0743. The molecule has 0 radical (unpaired) electrons. The lowest BCUT2D eigenvalue weighted by atomic mass is 10.0. The number of fused-ring (bicyclic) bond motifs is 1. The molecule has 1 aromatic carbocycles. The van der Waals surface area contributed by atoms with Crippen LogP contribution in [0, 0.1) is 0 Å². The predicted octanol–water partition coefficient (Wildman–Crippen LogP) is 3.28. The number of aromatic nitrogens is 3. The monoisotopic (exact) mass is 462 g/mol. The molecule has 180 valence electrons. The van der Waals surface area contributed by atoms with E-state index in [2.05, 4.69) is 50.4 Å². The highest BCUT2D eigenvalue weighted by Crippen LogP contribution is 2.29. The number of likely N-dealkylation sites (N-methyl/N-ethyl adjacent to an activating group) is 1. The summed E-state index contributed by atoms with van der Waals surface area (Å²) in [6.07, 6.45) is 7.91. The molecule has 1 amide bonds. The zero-order valence-corrected chi connectivity index (χ0v) is 20.2. The third-order valence-corrected chi connectivity index (χ3v) is 6.94. The van der Waals surface area contributed by atoms with Crippen LogP contribution in [0.1, 0.15) is 31.4 Å². The van der Waals surface area contributed by atoms with Crippen LogP contribution in [-0.4, -0.2) is 76.4 Å². The van der Waals surface area contributed by atoms with E-state index in [4.69, 9.17) is 4.74 Å². The molecule has 2 aliphatic rings. The van der Waals surface area contributed by atoms with Crippen molar-refractivity contribution >= 4 is 22.5 Å². The van der Waals surface area contributed by atoms with Crippen molar-refractivity contribution < 1.29 is 9.53 Å². The fourth-order valence-corrected chi connectivity index (χ4v) is 4.99. The van der Waals surface area contributed by atoms with Gasteiger partial charge in [0.2, 0.25) is 5.91 Å². The Hall–Kier alpha value is -2.81. The minimum Gasteiger partial charge on any atom is -0.375 e. The van der Waals surface area contributed by atoms with E-state index in [0.29, 0.717) is 18.8 Å². The Kier molecular flexibility index (Phi) is 6.89. The highest BCUT2D eigenvalue weighted by atomic mass is 16.5. The number of nitrogens with one attached hydrogen (secondary N) is 1. The van der Waals surface area contributed by atoms with Gasteiger partial charge in [-0.3, -0.25) is 14.4 Å². The van der Waals surface area contributed by atoms with Gasteiger partial charge in [-0.05, 0) is 56.1 Å². The molecule has 2 aliphatic heterocycles. The molecule has 4 heterocycles. The van der Waals surface area contributed by atoms with Crippen molar-refractivity contribution in [3.8, 4) is 11.1 Å². The molecule has 5 rings (SSSR count). The molecule has 0 aliphatic carbocycles. The normalized spacial score (nSPS) is 20.0. The van der Waals surface area contributed by atoms with E-state index in [0.717, 1.165) is 54.6 Å². The summed E-state index contributed by atoms with van der Waals surface area (Å²) in [7, 11) is 4.07. The number of carbonyl (C=O) groups excluding carboxylic acids is 1. The fourth-order valence-electron chi connectivity index (χ4n) is 4.99. The number of likely N-dealkylation sites (tertiary alicyclic amines) is 1. The quantitative estimate of drug-likeness (QED) is 0.606. The Balaban J connectivity index is 1.33. The highest BCUT2D eigenvalue weighted by Gasteiger charge is 2.21. The maximum Gasteiger partial charge on any atom is 0.228 e. The molecule has 8 nitrogen and oxygen atoms in total. The topological polar surface area (TPSA) is 75.5 Å². The van der Waals surface area contributed by atoms with Crippen molar-refractivity contribution in [3.63, 3.8) is 0 Å². The molecule has 8 heteroatoms. The number of carbonyl (C=O) groups is 1. The summed E-state index contributed by atoms with van der Waals surface area (Å²) in [5.74, 6) is 0.498. The number of amides is 1. The van der Waals surface area contributed by atoms with E-state index in [9.17, 15) is 4.79 Å². The summed E-state index contributed by atoms with van der Waals surface area (Å²) in [5, 5.41) is 9.60. The van der Waals surface area contributed by atoms with Crippen LogP contribution in [0.4, 0.5) is 5.82 Å². The number of benzene rings is 1. The number of nitrogens with zero attached hydrogens (tertiary/aromatic N) is 5. The summed E-state index contributed by atoms with van der Waals surface area (Å²) in [5.41, 5.74) is 3.53. The van der Waals surface area contributed by atoms with Crippen molar-refractivity contribution in [2.45, 2.75) is 38.3 Å². The van der Waals surface area contributed by atoms with E-state index < -0.39 is 0 Å². The number of anilines is 1. The van der Waals surface area contributed by atoms with Gasteiger partial charge >= 0.3 is 0 Å². The van der Waals surface area contributed by atoms with Crippen molar-refractivity contribution in [2.24, 2.45) is 7.05 Å². The molecule has 1 N–H and O–H groups in total. The smallest absolute Gasteiger partial charge is 0.228 e. The van der Waals surface area contributed by atoms with Crippen molar-refractivity contribution in [2.75, 3.05) is 45.2 Å². The molecule has 0 bridgehead atoms. The van der Waals surface area contributed by atoms with Crippen LogP contribution < -0.4 is 5.32 Å². The molecule has 0 saturated carbocycles. The maximum atomic E-state index is 12.6. The number of morpholine rings is 1. The number of hydrogen-bond donors (Lipinski definition) is 1. The lowest BCUT2D eigenvalue weighted by Gasteiger charge is -2.29. The Morgan fingerprint density at radius 1 is 1.09 bits per heavy atom. The Morgan fingerprint density at radius 3 is 2.76 bits per heavy atom. The highest BCUT2D eigenvalue weighted by molar-refractivity contribution is 5.94. The van der Waals surface area contributed by atoms with Crippen molar-refractivity contribution in [1.82, 2.24) is 24.6 Å². The summed E-state index contributed by atoms with van der Waals surface area (Å²) in [4.78, 5) is 21.7. The van der Waals surface area contributed by atoms with E-state index in [1.165, 1.54) is 25.0 Å². The zero-order chi connectivity index (χ0) is 23.5. The number of pyridine rings is 1. The number of ether oxygens (including phenoxy) is 1. The van der Waals surface area contributed by atoms with E-state index in [1.807, 2.05) is 30.2 Å². The number of piperidine rings is 1. The van der Waals surface area contributed by atoms with Crippen LogP contribution in [0.25, 0.3) is 21.9 Å². The van der Waals surface area contributed by atoms with Gasteiger partial charge in [-0.15, -0.1) is 0 Å². The first-order chi connectivity index (χ1) is 16.5. The second-order valence-corrected chi connectivity index (χ2v) is 9.60. The van der Waals surface area contributed by atoms with Gasteiger partial charge in [0.1, 0.15) is 5.82 Å². The molecular formula is C26H34N6O2. The van der Waals surface area contributed by atoms with Gasteiger partial charge in [-0.25, -0.2) is 4.98 Å². The lowest BCUT2D eigenvalue weighted by Crippen LogP contribution is -2.41. The van der Waals surface area contributed by atoms with Gasteiger partial charge in [0.15, 0.2) is 0 Å². The van der Waals surface area contributed by atoms with Gasteiger partial charge in [-0.2, -0.15) is 5.10 Å². The van der Waals surface area contributed by atoms with Crippen LogP contribution in [0.2, 0.25) is 0 Å². The summed E-state index contributed by atoms with van der Waals surface area (Å²) < 4.78 is 7.72. The second kappa shape index (κ2) is 10.2. The molecule has 34 heavy (non-hydrogen) atoms. The minimum absolute atomic E-state index is 0.0700. The molecule has 1 atom stereocenters. The van der Waals surface area contributed by atoms with E-state index in [-0.39, 0.29) is 12.0 Å². The van der Waals surface area contributed by atoms with Gasteiger partial charge < -0.3 is 15.0 Å². The van der Waals surface area contributed by atoms with Gasteiger partial charge in [0.25, 0.3) is 0 Å². The summed E-state index contributed by atoms with van der Waals surface area (Å²) >= 11 is 0. The molecule has 0 spiro atoms. The van der Waals surface area contributed by atoms with E-state index >= 15 is 0 Å². The lowest BCUT2D eigenvalue weighted by molar-refractivity contribution is -0.120. The molecule has 1 unspecified atom stereocenters. The van der Waals surface area contributed by atoms with Crippen LogP contribution >= 0.6 is 0 Å². The van der Waals surface area contributed by atoms with Crippen LogP contribution in [-0.2, 0) is 23.1 Å². The third-order valence-electron chi connectivity index (χ3n) is 6.94. The Bertz CT molecular complexity index is 1150. The number of hydrogen-bond acceptors (Lipinski definition) is 6. The van der Waals surface area contributed by atoms with Crippen LogP contribution in [0.3, 0.4) is 0 Å². The average Bonchev–Trinajstić information content (AvgIpc) is 3.19. The van der Waals surface area contributed by atoms with Crippen molar-refractivity contribution in [1.29, 1.82) is 0 Å². The fraction of sp³-hybridized carbons (Fsp3) is 0.500. The van der Waals surface area contributed by atoms with Crippen molar-refractivity contribution in [3.05, 3.63) is 42.4 Å². The first kappa shape index (κ1) is 23.0. The molecule has 2 fully saturated rings. The second-order valence-electron chi connectivity index (χ2n) is 9.60. The Labute approximate surface area is 200 Å². The maximum absolute atomic E-state index is 12.6. The summed E-state index contributed by atoms with van der Waals surface area (Å²) in [6, 6.07) is 8.34. The van der Waals surface area contributed by atoms with Gasteiger partial charge in [0, 0.05) is 43.8 Å². The van der Waals surface area contributed by atoms with Gasteiger partial charge in [0.05, 0.1) is 31.0 Å². The summed E-state index contributed by atoms with van der Waals surface area (Å²) in [6.45, 7) is 5.56. The Morgan fingerprint density at radius 2 is 1.94 bits per heavy atom. The molecule has 2 aromatic heterocycles. The number of rotatable bonds is 6. The average molecular weight is 463 g/mol. The first-order valence-corrected chi connectivity index (χ1v) is 12.3. The third kappa shape index (κ3) is 5.29. The molecular weight excluding hydrogens is 428 g/mol.